The minimum Gasteiger partial charge on any atom is -0.367 e. The van der Waals surface area contributed by atoms with Crippen LogP contribution in [0.2, 0.25) is 0 Å². The maximum atomic E-state index is 12.3. The SMILES string of the molecule is O=C1C/C(=C\c2cnn3c(NC4CC4)cc(NC4CCC(NS(=O)(=O)C5CC5)CC4)nc23)C(=O)N1. The average molecular weight is 500 g/mol. The maximum Gasteiger partial charge on any atom is 0.254 e. The van der Waals surface area contributed by atoms with Gasteiger partial charge in [0.25, 0.3) is 5.91 Å². The number of hydrogen-bond donors (Lipinski definition) is 4. The van der Waals surface area contributed by atoms with Gasteiger partial charge in [0.2, 0.25) is 15.9 Å². The van der Waals surface area contributed by atoms with Gasteiger partial charge in [-0.3, -0.25) is 14.9 Å². The van der Waals surface area contributed by atoms with E-state index in [4.69, 9.17) is 4.98 Å². The summed E-state index contributed by atoms with van der Waals surface area (Å²) >= 11 is 0. The van der Waals surface area contributed by atoms with Crippen LogP contribution in [0.4, 0.5) is 11.6 Å². The smallest absolute Gasteiger partial charge is 0.254 e. The first kappa shape index (κ1) is 22.5. The third-order valence-corrected chi connectivity index (χ3v) is 9.04. The molecule has 0 spiro atoms. The molecular formula is C23H29N7O4S. The van der Waals surface area contributed by atoms with Crippen LogP contribution in [-0.4, -0.2) is 58.2 Å². The molecule has 4 fully saturated rings. The Labute approximate surface area is 203 Å². The Morgan fingerprint density at radius 2 is 1.66 bits per heavy atom. The lowest BCUT2D eigenvalue weighted by atomic mass is 9.92. The zero-order chi connectivity index (χ0) is 24.2. The monoisotopic (exact) mass is 499 g/mol. The van der Waals surface area contributed by atoms with Crippen molar-refractivity contribution in [2.24, 2.45) is 0 Å². The van der Waals surface area contributed by atoms with Gasteiger partial charge in [0.05, 0.1) is 17.9 Å². The number of nitrogens with one attached hydrogen (secondary N) is 4. The molecule has 0 unspecified atom stereocenters. The predicted octanol–water partition coefficient (Wildman–Crippen LogP) is 1.54. The van der Waals surface area contributed by atoms with E-state index in [1.165, 1.54) is 0 Å². The molecule has 186 valence electrons. The highest BCUT2D eigenvalue weighted by Crippen LogP contribution is 2.31. The highest BCUT2D eigenvalue weighted by molar-refractivity contribution is 7.90. The van der Waals surface area contributed by atoms with Crippen molar-refractivity contribution in [2.45, 2.75) is 81.2 Å². The van der Waals surface area contributed by atoms with Crippen LogP contribution in [0.3, 0.4) is 0 Å². The van der Waals surface area contributed by atoms with Crippen LogP contribution >= 0.6 is 0 Å². The molecule has 3 aliphatic carbocycles. The molecule has 2 aromatic rings. The summed E-state index contributed by atoms with van der Waals surface area (Å²) in [7, 11) is -3.17. The van der Waals surface area contributed by atoms with Crippen LogP contribution in [0, 0.1) is 0 Å². The lowest BCUT2D eigenvalue weighted by Gasteiger charge is -2.30. The lowest BCUT2D eigenvalue weighted by Crippen LogP contribution is -2.41. The van der Waals surface area contributed by atoms with Crippen molar-refractivity contribution < 1.29 is 18.0 Å². The largest absolute Gasteiger partial charge is 0.367 e. The minimum atomic E-state index is -3.17. The molecule has 0 atom stereocenters. The lowest BCUT2D eigenvalue weighted by molar-refractivity contribution is -0.124. The van der Waals surface area contributed by atoms with Crippen molar-refractivity contribution >= 4 is 45.2 Å². The molecule has 3 saturated carbocycles. The van der Waals surface area contributed by atoms with E-state index in [-0.39, 0.29) is 35.6 Å². The summed E-state index contributed by atoms with van der Waals surface area (Å²) in [5.74, 6) is 0.838. The first-order valence-corrected chi connectivity index (χ1v) is 13.9. The van der Waals surface area contributed by atoms with Crippen LogP contribution in [0.1, 0.15) is 63.4 Å². The Morgan fingerprint density at radius 1 is 0.971 bits per heavy atom. The van der Waals surface area contributed by atoms with Gasteiger partial charge in [0, 0.05) is 35.3 Å². The van der Waals surface area contributed by atoms with E-state index in [2.05, 4.69) is 25.8 Å². The van der Waals surface area contributed by atoms with Gasteiger partial charge in [-0.2, -0.15) is 9.61 Å². The van der Waals surface area contributed by atoms with E-state index >= 15 is 0 Å². The number of imide groups is 1. The van der Waals surface area contributed by atoms with Gasteiger partial charge >= 0.3 is 0 Å². The van der Waals surface area contributed by atoms with Crippen LogP contribution in [0.15, 0.2) is 17.8 Å². The molecule has 0 radical (unpaired) electrons. The summed E-state index contributed by atoms with van der Waals surface area (Å²) in [6.45, 7) is 0. The van der Waals surface area contributed by atoms with Gasteiger partial charge in [0.1, 0.15) is 11.6 Å². The van der Waals surface area contributed by atoms with Crippen molar-refractivity contribution in [3.05, 3.63) is 23.4 Å². The molecule has 4 N–H and O–H groups in total. The maximum absolute atomic E-state index is 12.3. The Bertz CT molecular complexity index is 1320. The first-order valence-electron chi connectivity index (χ1n) is 12.3. The van der Waals surface area contributed by atoms with Crippen molar-refractivity contribution in [1.82, 2.24) is 24.6 Å². The molecule has 35 heavy (non-hydrogen) atoms. The summed E-state index contributed by atoms with van der Waals surface area (Å²) in [5, 5.41) is 13.6. The predicted molar refractivity (Wildman–Crippen MR) is 130 cm³/mol. The Balaban J connectivity index is 1.20. The van der Waals surface area contributed by atoms with Crippen LogP contribution in [-0.2, 0) is 19.6 Å². The topological polar surface area (TPSA) is 147 Å². The van der Waals surface area contributed by atoms with Gasteiger partial charge in [-0.1, -0.05) is 0 Å². The van der Waals surface area contributed by atoms with Gasteiger partial charge in [-0.05, 0) is 57.4 Å². The number of carbonyl (C=O) groups excluding carboxylic acids is 2. The van der Waals surface area contributed by atoms with E-state index in [1.54, 1.807) is 16.8 Å². The molecule has 4 aliphatic rings. The van der Waals surface area contributed by atoms with E-state index in [1.807, 2.05) is 6.07 Å². The summed E-state index contributed by atoms with van der Waals surface area (Å²) in [4.78, 5) is 28.4. The third-order valence-electron chi connectivity index (χ3n) is 7.03. The molecule has 3 heterocycles. The number of amides is 2. The summed E-state index contributed by atoms with van der Waals surface area (Å²) < 4.78 is 29.1. The second-order valence-electron chi connectivity index (χ2n) is 10.1. The Kier molecular flexibility index (Phi) is 5.52. The second kappa shape index (κ2) is 8.59. The van der Waals surface area contributed by atoms with Crippen LogP contribution in [0.25, 0.3) is 11.7 Å². The van der Waals surface area contributed by atoms with Crippen molar-refractivity contribution in [3.8, 4) is 0 Å². The number of carbonyl (C=O) groups is 2. The molecule has 0 bridgehead atoms. The molecular weight excluding hydrogens is 470 g/mol. The quantitative estimate of drug-likeness (QED) is 0.316. The number of nitrogens with zero attached hydrogens (tertiary/aromatic N) is 3. The zero-order valence-electron chi connectivity index (χ0n) is 19.3. The molecule has 11 nitrogen and oxygen atoms in total. The first-order chi connectivity index (χ1) is 16.8. The fourth-order valence-corrected chi connectivity index (χ4v) is 6.42. The van der Waals surface area contributed by atoms with Crippen molar-refractivity contribution in [2.75, 3.05) is 10.6 Å². The molecule has 1 saturated heterocycles. The second-order valence-corrected chi connectivity index (χ2v) is 12.1. The van der Waals surface area contributed by atoms with Gasteiger partial charge < -0.3 is 10.6 Å². The van der Waals surface area contributed by atoms with Crippen molar-refractivity contribution in [1.29, 1.82) is 0 Å². The molecule has 2 amide bonds. The zero-order valence-corrected chi connectivity index (χ0v) is 20.1. The van der Waals surface area contributed by atoms with E-state index in [0.29, 0.717) is 28.6 Å². The number of aromatic nitrogens is 3. The molecule has 0 aromatic carbocycles. The fourth-order valence-electron chi connectivity index (χ4n) is 4.78. The number of anilines is 2. The highest BCUT2D eigenvalue weighted by atomic mass is 32.2. The average Bonchev–Trinajstić information content (AvgIpc) is 3.73. The van der Waals surface area contributed by atoms with Crippen LogP contribution in [0.5, 0.6) is 0 Å². The number of rotatable bonds is 8. The highest BCUT2D eigenvalue weighted by Gasteiger charge is 2.37. The fraction of sp³-hybridized carbons (Fsp3) is 0.565. The van der Waals surface area contributed by atoms with E-state index in [9.17, 15) is 18.0 Å². The summed E-state index contributed by atoms with van der Waals surface area (Å²) in [6.07, 6.45) is 10.4. The van der Waals surface area contributed by atoms with Crippen molar-refractivity contribution in [3.63, 3.8) is 0 Å². The normalized spacial score (nSPS) is 26.3. The number of sulfonamides is 1. The molecule has 1 aliphatic heterocycles. The van der Waals surface area contributed by atoms with Gasteiger partial charge in [-0.25, -0.2) is 18.1 Å². The molecule has 2 aromatic heterocycles. The van der Waals surface area contributed by atoms with Crippen LogP contribution < -0.4 is 20.7 Å². The third kappa shape index (κ3) is 4.90. The Morgan fingerprint density at radius 3 is 2.31 bits per heavy atom. The van der Waals surface area contributed by atoms with Gasteiger partial charge in [-0.15, -0.1) is 0 Å². The number of fused-ring (bicyclic) bond motifs is 1. The summed E-state index contributed by atoms with van der Waals surface area (Å²) in [5.41, 5.74) is 1.67. The van der Waals surface area contributed by atoms with E-state index in [0.717, 1.165) is 57.2 Å². The summed E-state index contributed by atoms with van der Waals surface area (Å²) in [6, 6.07) is 2.54. The van der Waals surface area contributed by atoms with E-state index < -0.39 is 10.0 Å². The Hall–Kier alpha value is -2.99. The molecule has 6 rings (SSSR count). The molecule has 12 heteroatoms. The number of hydrogen-bond acceptors (Lipinski definition) is 8. The minimum absolute atomic E-state index is 0.00508. The standard InChI is InChI=1S/C23H29N7O4S/c31-21-10-13(23(32)28-21)9-14-12-24-30-20(26-16-1-2-16)11-19(27-22(14)30)25-15-3-5-17(6-4-15)29-35(33,34)18-7-8-18/h9,11-12,15-18,26,29H,1-8,10H2,(H,25,27)(H,28,31,32)/b13-9+. The van der Waals surface area contributed by atoms with Gasteiger partial charge in [0.15, 0.2) is 5.65 Å².